The van der Waals surface area contributed by atoms with Crippen LogP contribution in [0, 0.1) is 0 Å². The molecule has 1 amide bonds. The lowest BCUT2D eigenvalue weighted by Crippen LogP contribution is -2.27. The van der Waals surface area contributed by atoms with Crippen molar-refractivity contribution in [3.63, 3.8) is 0 Å². The molecule has 0 aromatic carbocycles. The van der Waals surface area contributed by atoms with E-state index in [1.54, 1.807) is 17.5 Å². The van der Waals surface area contributed by atoms with Gasteiger partial charge in [0, 0.05) is 30.1 Å². The SMILES string of the molecule is CC(C)Nc1nc(N)c(C(=O)NCC(C)c2nccs2)s1. The number of nitrogens with one attached hydrogen (secondary N) is 2. The van der Waals surface area contributed by atoms with Crippen molar-refractivity contribution in [3.05, 3.63) is 21.5 Å². The zero-order valence-electron chi connectivity index (χ0n) is 12.2. The van der Waals surface area contributed by atoms with Crippen molar-refractivity contribution in [2.75, 3.05) is 17.6 Å². The second kappa shape index (κ2) is 6.86. The van der Waals surface area contributed by atoms with Crippen LogP contribution >= 0.6 is 22.7 Å². The van der Waals surface area contributed by atoms with E-state index in [1.807, 2.05) is 26.2 Å². The van der Waals surface area contributed by atoms with Gasteiger partial charge in [-0.05, 0) is 13.8 Å². The van der Waals surface area contributed by atoms with Crippen molar-refractivity contribution in [2.45, 2.75) is 32.7 Å². The van der Waals surface area contributed by atoms with Crippen molar-refractivity contribution >= 4 is 39.5 Å². The van der Waals surface area contributed by atoms with Gasteiger partial charge in [0.15, 0.2) is 5.13 Å². The van der Waals surface area contributed by atoms with Crippen LogP contribution in [0.15, 0.2) is 11.6 Å². The fourth-order valence-corrected chi connectivity index (χ4v) is 3.34. The van der Waals surface area contributed by atoms with Crippen molar-refractivity contribution in [2.24, 2.45) is 0 Å². The first kappa shape index (κ1) is 15.7. The molecule has 2 aromatic heterocycles. The highest BCUT2D eigenvalue weighted by atomic mass is 32.1. The molecule has 0 aliphatic carbocycles. The molecular weight excluding hydrogens is 306 g/mol. The molecule has 0 aliphatic heterocycles. The predicted molar refractivity (Wildman–Crippen MR) is 88.1 cm³/mol. The van der Waals surface area contributed by atoms with Crippen molar-refractivity contribution in [1.82, 2.24) is 15.3 Å². The number of nitrogens with two attached hydrogens (primary N) is 1. The maximum absolute atomic E-state index is 12.2. The van der Waals surface area contributed by atoms with Crippen LogP contribution in [-0.4, -0.2) is 28.5 Å². The van der Waals surface area contributed by atoms with Crippen molar-refractivity contribution in [1.29, 1.82) is 0 Å². The van der Waals surface area contributed by atoms with Gasteiger partial charge >= 0.3 is 0 Å². The fraction of sp³-hybridized carbons (Fsp3) is 0.462. The van der Waals surface area contributed by atoms with Gasteiger partial charge in [0.2, 0.25) is 0 Å². The standard InChI is InChI=1S/C13H19N5OS2/c1-7(2)17-13-18-10(14)9(21-13)11(19)16-6-8(3)12-15-4-5-20-12/h4-5,7-8H,6,14H2,1-3H3,(H,16,19)(H,17,18). The number of thiazole rings is 2. The smallest absolute Gasteiger partial charge is 0.265 e. The van der Waals surface area contributed by atoms with E-state index in [0.717, 1.165) is 5.01 Å². The summed E-state index contributed by atoms with van der Waals surface area (Å²) in [5, 5.41) is 9.64. The van der Waals surface area contributed by atoms with E-state index in [-0.39, 0.29) is 23.7 Å². The molecule has 2 rings (SSSR count). The lowest BCUT2D eigenvalue weighted by Gasteiger charge is -2.09. The third-order valence-corrected chi connectivity index (χ3v) is 4.72. The van der Waals surface area contributed by atoms with E-state index in [0.29, 0.717) is 16.6 Å². The minimum absolute atomic E-state index is 0.177. The van der Waals surface area contributed by atoms with Crippen LogP contribution in [-0.2, 0) is 0 Å². The van der Waals surface area contributed by atoms with Gasteiger partial charge < -0.3 is 16.4 Å². The Balaban J connectivity index is 1.95. The minimum atomic E-state index is -0.190. The summed E-state index contributed by atoms with van der Waals surface area (Å²) in [6, 6.07) is 0.247. The number of aromatic nitrogens is 2. The topological polar surface area (TPSA) is 92.9 Å². The second-order valence-corrected chi connectivity index (χ2v) is 6.94. The zero-order valence-corrected chi connectivity index (χ0v) is 13.8. The summed E-state index contributed by atoms with van der Waals surface area (Å²) in [5.41, 5.74) is 5.81. The highest BCUT2D eigenvalue weighted by molar-refractivity contribution is 7.18. The number of anilines is 2. The lowest BCUT2D eigenvalue weighted by molar-refractivity contribution is 0.0956. The van der Waals surface area contributed by atoms with Crippen LogP contribution < -0.4 is 16.4 Å². The number of hydrogen-bond donors (Lipinski definition) is 3. The third-order valence-electron chi connectivity index (χ3n) is 2.71. The number of carbonyl (C=O) groups excluding carboxylic acids is 1. The maximum atomic E-state index is 12.2. The van der Waals surface area contributed by atoms with Crippen LogP contribution in [0.25, 0.3) is 0 Å². The third kappa shape index (κ3) is 4.15. The Morgan fingerprint density at radius 2 is 2.19 bits per heavy atom. The van der Waals surface area contributed by atoms with E-state index < -0.39 is 0 Å². The Morgan fingerprint density at radius 1 is 1.43 bits per heavy atom. The lowest BCUT2D eigenvalue weighted by atomic mass is 10.2. The monoisotopic (exact) mass is 325 g/mol. The van der Waals surface area contributed by atoms with E-state index in [9.17, 15) is 4.79 Å². The van der Waals surface area contributed by atoms with E-state index in [4.69, 9.17) is 5.73 Å². The number of nitrogen functional groups attached to an aromatic ring is 1. The average Bonchev–Trinajstić information content (AvgIpc) is 3.04. The molecule has 2 heterocycles. The highest BCUT2D eigenvalue weighted by Gasteiger charge is 2.18. The van der Waals surface area contributed by atoms with Crippen LogP contribution in [0.1, 0.15) is 41.4 Å². The number of rotatable bonds is 6. The Bertz CT molecular complexity index is 594. The number of amides is 1. The van der Waals surface area contributed by atoms with Gasteiger partial charge in [0.25, 0.3) is 5.91 Å². The normalized spacial score (nSPS) is 12.4. The maximum Gasteiger partial charge on any atom is 0.265 e. The summed E-state index contributed by atoms with van der Waals surface area (Å²) in [6.07, 6.45) is 1.77. The quantitative estimate of drug-likeness (QED) is 0.759. The van der Waals surface area contributed by atoms with Crippen LogP contribution in [0.2, 0.25) is 0 Å². The highest BCUT2D eigenvalue weighted by Crippen LogP contribution is 2.25. The Hall–Kier alpha value is -1.67. The molecule has 114 valence electrons. The molecule has 0 radical (unpaired) electrons. The molecule has 1 atom stereocenters. The first-order valence-corrected chi connectivity index (χ1v) is 8.37. The Morgan fingerprint density at radius 3 is 2.81 bits per heavy atom. The molecule has 0 aliphatic rings. The van der Waals surface area contributed by atoms with Crippen LogP contribution in [0.5, 0.6) is 0 Å². The molecule has 0 spiro atoms. The molecule has 0 fully saturated rings. The minimum Gasteiger partial charge on any atom is -0.382 e. The summed E-state index contributed by atoms with van der Waals surface area (Å²) < 4.78 is 0. The largest absolute Gasteiger partial charge is 0.382 e. The Kier molecular flexibility index (Phi) is 5.13. The van der Waals surface area contributed by atoms with Gasteiger partial charge in [-0.2, -0.15) is 0 Å². The van der Waals surface area contributed by atoms with Gasteiger partial charge in [-0.1, -0.05) is 18.3 Å². The zero-order chi connectivity index (χ0) is 15.4. The van der Waals surface area contributed by atoms with Gasteiger partial charge in [0.05, 0.1) is 5.01 Å². The molecule has 4 N–H and O–H groups in total. The number of hydrogen-bond acceptors (Lipinski definition) is 7. The van der Waals surface area contributed by atoms with Crippen molar-refractivity contribution in [3.8, 4) is 0 Å². The van der Waals surface area contributed by atoms with Crippen LogP contribution in [0.3, 0.4) is 0 Å². The van der Waals surface area contributed by atoms with Gasteiger partial charge in [-0.15, -0.1) is 11.3 Å². The van der Waals surface area contributed by atoms with E-state index >= 15 is 0 Å². The Labute approximate surface area is 131 Å². The molecule has 0 saturated carbocycles. The van der Waals surface area contributed by atoms with Crippen LogP contribution in [0.4, 0.5) is 10.9 Å². The molecule has 6 nitrogen and oxygen atoms in total. The van der Waals surface area contributed by atoms with Crippen molar-refractivity contribution < 1.29 is 4.79 Å². The predicted octanol–water partition coefficient (Wildman–Crippen LogP) is 2.54. The fourth-order valence-electron chi connectivity index (χ4n) is 1.69. The van der Waals surface area contributed by atoms with Gasteiger partial charge in [0.1, 0.15) is 10.7 Å². The van der Waals surface area contributed by atoms with Gasteiger partial charge in [-0.3, -0.25) is 4.79 Å². The van der Waals surface area contributed by atoms with E-state index in [1.165, 1.54) is 11.3 Å². The molecule has 0 saturated heterocycles. The summed E-state index contributed by atoms with van der Waals surface area (Å²) in [5.74, 6) is 0.254. The first-order valence-electron chi connectivity index (χ1n) is 6.67. The molecule has 2 aromatic rings. The average molecular weight is 325 g/mol. The summed E-state index contributed by atoms with van der Waals surface area (Å²) >= 11 is 2.86. The summed E-state index contributed by atoms with van der Waals surface area (Å²) in [7, 11) is 0. The summed E-state index contributed by atoms with van der Waals surface area (Å²) in [4.78, 5) is 21.0. The number of carbonyl (C=O) groups is 1. The van der Waals surface area contributed by atoms with E-state index in [2.05, 4.69) is 20.6 Å². The molecule has 1 unspecified atom stereocenters. The number of nitrogens with zero attached hydrogens (tertiary/aromatic N) is 2. The molecular formula is C13H19N5OS2. The molecule has 21 heavy (non-hydrogen) atoms. The first-order chi connectivity index (χ1) is 9.97. The van der Waals surface area contributed by atoms with Gasteiger partial charge in [-0.25, -0.2) is 9.97 Å². The second-order valence-electron chi connectivity index (χ2n) is 5.01. The summed E-state index contributed by atoms with van der Waals surface area (Å²) in [6.45, 7) is 6.57. The molecule has 8 heteroatoms. The molecule has 0 bridgehead atoms.